The Morgan fingerprint density at radius 2 is 2.05 bits per heavy atom. The molecule has 4 saturated heterocycles. The van der Waals surface area contributed by atoms with Crippen molar-refractivity contribution >= 4 is 0 Å². The Labute approximate surface area is 115 Å². The maximum Gasteiger partial charge on any atom is 0.0951 e. The van der Waals surface area contributed by atoms with Crippen molar-refractivity contribution in [3.8, 4) is 0 Å². The first-order chi connectivity index (χ1) is 9.42. The van der Waals surface area contributed by atoms with Gasteiger partial charge in [-0.1, -0.05) is 6.42 Å². The molecular formula is C15H24N4. The van der Waals surface area contributed by atoms with Gasteiger partial charge >= 0.3 is 0 Å². The van der Waals surface area contributed by atoms with Gasteiger partial charge in [0.1, 0.15) is 0 Å². The molecule has 1 aromatic rings. The van der Waals surface area contributed by atoms with E-state index in [1.54, 1.807) is 0 Å². The van der Waals surface area contributed by atoms with Gasteiger partial charge in [-0.15, -0.1) is 0 Å². The van der Waals surface area contributed by atoms with Crippen LogP contribution in [0.1, 0.15) is 49.9 Å². The summed E-state index contributed by atoms with van der Waals surface area (Å²) in [7, 11) is 0. The SMILES string of the molecule is c1ncn(C2CN3CCC2CC3)c1C1CCCCN1. The Bertz CT molecular complexity index is 427. The third-order valence-corrected chi connectivity index (χ3v) is 5.34. The maximum atomic E-state index is 4.46. The third-order valence-electron chi connectivity index (χ3n) is 5.34. The van der Waals surface area contributed by atoms with E-state index in [2.05, 4.69) is 32.3 Å². The molecule has 0 radical (unpaired) electrons. The molecule has 5 rings (SSSR count). The highest BCUT2D eigenvalue weighted by Gasteiger charge is 2.36. The van der Waals surface area contributed by atoms with Crippen molar-refractivity contribution in [2.45, 2.75) is 44.2 Å². The van der Waals surface area contributed by atoms with Crippen LogP contribution in [0.4, 0.5) is 0 Å². The molecule has 2 atom stereocenters. The first-order valence-electron chi connectivity index (χ1n) is 7.89. The molecule has 5 heterocycles. The summed E-state index contributed by atoms with van der Waals surface area (Å²) in [6.07, 6.45) is 10.9. The molecular weight excluding hydrogens is 236 g/mol. The van der Waals surface area contributed by atoms with Crippen LogP contribution in [0.3, 0.4) is 0 Å². The molecule has 2 bridgehead atoms. The van der Waals surface area contributed by atoms with E-state index in [4.69, 9.17) is 0 Å². The van der Waals surface area contributed by atoms with Gasteiger partial charge in [-0.05, 0) is 51.2 Å². The number of hydrogen-bond donors (Lipinski definition) is 1. The first-order valence-corrected chi connectivity index (χ1v) is 7.89. The summed E-state index contributed by atoms with van der Waals surface area (Å²) < 4.78 is 2.50. The summed E-state index contributed by atoms with van der Waals surface area (Å²) in [5.41, 5.74) is 1.43. The van der Waals surface area contributed by atoms with Crippen LogP contribution in [0.15, 0.2) is 12.5 Å². The van der Waals surface area contributed by atoms with Gasteiger partial charge in [-0.25, -0.2) is 4.98 Å². The maximum absolute atomic E-state index is 4.46. The van der Waals surface area contributed by atoms with Crippen LogP contribution in [-0.4, -0.2) is 40.6 Å². The zero-order valence-corrected chi connectivity index (χ0v) is 11.6. The van der Waals surface area contributed by atoms with Crippen molar-refractivity contribution in [3.05, 3.63) is 18.2 Å². The number of fused-ring (bicyclic) bond motifs is 3. The fourth-order valence-corrected chi connectivity index (χ4v) is 4.22. The Kier molecular flexibility index (Phi) is 3.08. The van der Waals surface area contributed by atoms with Crippen LogP contribution in [0.25, 0.3) is 0 Å². The quantitative estimate of drug-likeness (QED) is 0.882. The van der Waals surface area contributed by atoms with Crippen molar-refractivity contribution < 1.29 is 0 Å². The average molecular weight is 260 g/mol. The Morgan fingerprint density at radius 1 is 1.16 bits per heavy atom. The molecule has 4 heteroatoms. The summed E-state index contributed by atoms with van der Waals surface area (Å²) in [6, 6.07) is 1.20. The number of piperidine rings is 4. The largest absolute Gasteiger partial charge is 0.328 e. The minimum Gasteiger partial charge on any atom is -0.328 e. The molecule has 2 unspecified atom stereocenters. The molecule has 1 N–H and O–H groups in total. The van der Waals surface area contributed by atoms with E-state index in [-0.39, 0.29) is 0 Å². The first kappa shape index (κ1) is 11.9. The van der Waals surface area contributed by atoms with Crippen LogP contribution in [0.5, 0.6) is 0 Å². The number of rotatable bonds is 2. The molecule has 0 spiro atoms. The smallest absolute Gasteiger partial charge is 0.0951 e. The molecule has 4 aliphatic rings. The Morgan fingerprint density at radius 3 is 2.74 bits per heavy atom. The van der Waals surface area contributed by atoms with Crippen molar-refractivity contribution in [1.82, 2.24) is 19.8 Å². The molecule has 0 saturated carbocycles. The highest BCUT2D eigenvalue weighted by Crippen LogP contribution is 2.37. The Balaban J connectivity index is 1.59. The zero-order chi connectivity index (χ0) is 12.7. The van der Waals surface area contributed by atoms with Crippen LogP contribution >= 0.6 is 0 Å². The van der Waals surface area contributed by atoms with Crippen molar-refractivity contribution in [3.63, 3.8) is 0 Å². The van der Waals surface area contributed by atoms with E-state index in [9.17, 15) is 0 Å². The third kappa shape index (κ3) is 2.11. The summed E-state index contributed by atoms with van der Waals surface area (Å²) in [6.45, 7) is 5.02. The average Bonchev–Trinajstić information content (AvgIpc) is 2.98. The number of nitrogens with one attached hydrogen (secondary N) is 1. The van der Waals surface area contributed by atoms with Gasteiger partial charge in [0.05, 0.1) is 18.1 Å². The lowest BCUT2D eigenvalue weighted by Crippen LogP contribution is -2.48. The van der Waals surface area contributed by atoms with E-state index in [1.807, 2.05) is 0 Å². The predicted molar refractivity (Wildman–Crippen MR) is 75.0 cm³/mol. The van der Waals surface area contributed by atoms with Crippen molar-refractivity contribution in [1.29, 1.82) is 0 Å². The summed E-state index contributed by atoms with van der Waals surface area (Å²) >= 11 is 0. The molecule has 0 aliphatic carbocycles. The molecule has 0 aromatic carbocycles. The van der Waals surface area contributed by atoms with Gasteiger partial charge in [0, 0.05) is 18.8 Å². The lowest BCUT2D eigenvalue weighted by atomic mass is 9.83. The minimum atomic E-state index is 0.534. The zero-order valence-electron chi connectivity index (χ0n) is 11.6. The fraction of sp³-hybridized carbons (Fsp3) is 0.800. The highest BCUT2D eigenvalue weighted by molar-refractivity contribution is 5.10. The minimum absolute atomic E-state index is 0.534. The fourth-order valence-electron chi connectivity index (χ4n) is 4.22. The van der Waals surface area contributed by atoms with Crippen LogP contribution in [-0.2, 0) is 0 Å². The number of imidazole rings is 1. The standard InChI is InChI=1S/C15H24N4/c1-2-6-17-13(3-1)14-9-16-11-19(14)15-10-18-7-4-12(15)5-8-18/h9,11-13,15,17H,1-8,10H2. The molecule has 19 heavy (non-hydrogen) atoms. The van der Waals surface area contributed by atoms with Crippen molar-refractivity contribution in [2.75, 3.05) is 26.2 Å². The van der Waals surface area contributed by atoms with Crippen molar-refractivity contribution in [2.24, 2.45) is 5.92 Å². The molecule has 4 nitrogen and oxygen atoms in total. The lowest BCUT2D eigenvalue weighted by molar-refractivity contribution is 0.0548. The van der Waals surface area contributed by atoms with Gasteiger partial charge in [-0.2, -0.15) is 0 Å². The topological polar surface area (TPSA) is 33.1 Å². The van der Waals surface area contributed by atoms with E-state index in [0.717, 1.165) is 12.5 Å². The Hall–Kier alpha value is -0.870. The summed E-state index contributed by atoms with van der Waals surface area (Å²) in [5.74, 6) is 0.876. The normalized spacial score (nSPS) is 38.5. The van der Waals surface area contributed by atoms with Gasteiger partial charge < -0.3 is 14.8 Å². The van der Waals surface area contributed by atoms with Crippen LogP contribution in [0.2, 0.25) is 0 Å². The van der Waals surface area contributed by atoms with E-state index >= 15 is 0 Å². The lowest BCUT2D eigenvalue weighted by Gasteiger charge is -2.46. The number of hydrogen-bond acceptors (Lipinski definition) is 3. The van der Waals surface area contributed by atoms with Gasteiger partial charge in [0.15, 0.2) is 0 Å². The molecule has 4 aliphatic heterocycles. The van der Waals surface area contributed by atoms with E-state index in [0.29, 0.717) is 12.1 Å². The molecule has 1 aromatic heterocycles. The molecule has 0 amide bonds. The second-order valence-electron chi connectivity index (χ2n) is 6.43. The van der Waals surface area contributed by atoms with Crippen LogP contribution < -0.4 is 5.32 Å². The number of aromatic nitrogens is 2. The second kappa shape index (κ2) is 4.91. The molecule has 104 valence electrons. The van der Waals surface area contributed by atoms with Gasteiger partial charge in [0.25, 0.3) is 0 Å². The number of nitrogens with zero attached hydrogens (tertiary/aromatic N) is 3. The van der Waals surface area contributed by atoms with Gasteiger partial charge in [-0.3, -0.25) is 0 Å². The molecule has 4 fully saturated rings. The van der Waals surface area contributed by atoms with E-state index < -0.39 is 0 Å². The van der Waals surface area contributed by atoms with E-state index in [1.165, 1.54) is 57.4 Å². The summed E-state index contributed by atoms with van der Waals surface area (Å²) in [5, 5.41) is 3.67. The van der Waals surface area contributed by atoms with Gasteiger partial charge in [0.2, 0.25) is 0 Å². The monoisotopic (exact) mass is 260 g/mol. The second-order valence-corrected chi connectivity index (χ2v) is 6.43. The highest BCUT2D eigenvalue weighted by atomic mass is 15.2. The summed E-state index contributed by atoms with van der Waals surface area (Å²) in [4.78, 5) is 7.09. The predicted octanol–water partition coefficient (Wildman–Crippen LogP) is 1.96. The van der Waals surface area contributed by atoms with Crippen LogP contribution in [0, 0.1) is 5.92 Å².